The highest BCUT2D eigenvalue weighted by Gasteiger charge is 2.30. The van der Waals surface area contributed by atoms with Gasteiger partial charge in [-0.3, -0.25) is 19.7 Å². The number of thiophene rings is 1. The van der Waals surface area contributed by atoms with Gasteiger partial charge >= 0.3 is 5.00 Å². The smallest absolute Gasteiger partial charge is 0.324 e. The van der Waals surface area contributed by atoms with E-state index in [1.54, 1.807) is 9.80 Å². The maximum Gasteiger partial charge on any atom is 0.324 e. The molecule has 26 heavy (non-hydrogen) atoms. The SMILES string of the molecule is Cl.N[C@@H]1CCC[C@H]1CC(=O)N1CCN(C(=O)c2ccc([N+](=O)[O-])s2)CC1. The zero-order valence-electron chi connectivity index (χ0n) is 14.3. The van der Waals surface area contributed by atoms with Gasteiger partial charge in [0.05, 0.1) is 9.80 Å². The number of carbonyl (C=O) groups is 2. The van der Waals surface area contributed by atoms with Gasteiger partial charge < -0.3 is 15.5 Å². The fourth-order valence-corrected chi connectivity index (χ4v) is 4.32. The van der Waals surface area contributed by atoms with Crippen molar-refractivity contribution >= 4 is 40.6 Å². The predicted octanol–water partition coefficient (Wildman–Crippen LogP) is 1.88. The lowest BCUT2D eigenvalue weighted by molar-refractivity contribution is -0.380. The van der Waals surface area contributed by atoms with Crippen molar-refractivity contribution in [3.8, 4) is 0 Å². The van der Waals surface area contributed by atoms with Crippen molar-refractivity contribution in [2.75, 3.05) is 26.2 Å². The molecule has 2 N–H and O–H groups in total. The lowest BCUT2D eigenvalue weighted by Crippen LogP contribution is -2.51. The Labute approximate surface area is 161 Å². The van der Waals surface area contributed by atoms with E-state index in [0.29, 0.717) is 37.5 Å². The molecule has 8 nitrogen and oxygen atoms in total. The summed E-state index contributed by atoms with van der Waals surface area (Å²) in [6.07, 6.45) is 3.59. The van der Waals surface area contributed by atoms with Crippen LogP contribution in [0, 0.1) is 16.0 Å². The van der Waals surface area contributed by atoms with Crippen LogP contribution in [0.4, 0.5) is 5.00 Å². The van der Waals surface area contributed by atoms with Crippen LogP contribution in [0.1, 0.15) is 35.4 Å². The number of carbonyl (C=O) groups excluding carboxylic acids is 2. The van der Waals surface area contributed by atoms with Gasteiger partial charge in [-0.15, -0.1) is 12.4 Å². The van der Waals surface area contributed by atoms with Crippen molar-refractivity contribution in [3.63, 3.8) is 0 Å². The second-order valence-corrected chi connectivity index (χ2v) is 7.69. The third-order valence-electron chi connectivity index (χ3n) is 5.06. The molecule has 0 unspecified atom stereocenters. The monoisotopic (exact) mass is 402 g/mol. The Bertz CT molecular complexity index is 675. The van der Waals surface area contributed by atoms with Gasteiger partial charge in [0.1, 0.15) is 0 Å². The Morgan fingerprint density at radius 3 is 2.38 bits per heavy atom. The van der Waals surface area contributed by atoms with E-state index in [-0.39, 0.29) is 41.2 Å². The van der Waals surface area contributed by atoms with Crippen molar-refractivity contribution in [2.45, 2.75) is 31.7 Å². The normalized spacial score (nSPS) is 22.8. The number of nitrogens with zero attached hydrogens (tertiary/aromatic N) is 3. The van der Waals surface area contributed by atoms with E-state index < -0.39 is 4.92 Å². The van der Waals surface area contributed by atoms with Gasteiger partial charge in [-0.1, -0.05) is 17.8 Å². The van der Waals surface area contributed by atoms with Crippen LogP contribution in [0.25, 0.3) is 0 Å². The molecule has 2 fully saturated rings. The zero-order chi connectivity index (χ0) is 18.0. The van der Waals surface area contributed by atoms with E-state index >= 15 is 0 Å². The minimum absolute atomic E-state index is 0. The average Bonchev–Trinajstić information content (AvgIpc) is 3.24. The minimum atomic E-state index is -0.494. The molecular formula is C16H23ClN4O4S. The number of rotatable bonds is 4. The van der Waals surface area contributed by atoms with E-state index in [4.69, 9.17) is 5.73 Å². The summed E-state index contributed by atoms with van der Waals surface area (Å²) in [6, 6.07) is 2.97. The van der Waals surface area contributed by atoms with Gasteiger partial charge in [0.25, 0.3) is 5.91 Å². The molecule has 0 aromatic carbocycles. The first-order chi connectivity index (χ1) is 12.0. The Kier molecular flexibility index (Phi) is 6.96. The molecule has 1 aromatic heterocycles. The summed E-state index contributed by atoms with van der Waals surface area (Å²) in [6.45, 7) is 1.90. The average molecular weight is 403 g/mol. The van der Waals surface area contributed by atoms with Crippen molar-refractivity contribution in [2.24, 2.45) is 11.7 Å². The lowest BCUT2D eigenvalue weighted by Gasteiger charge is -2.35. The zero-order valence-corrected chi connectivity index (χ0v) is 16.0. The third kappa shape index (κ3) is 4.52. The van der Waals surface area contributed by atoms with Crippen molar-refractivity contribution in [3.05, 3.63) is 27.1 Å². The summed E-state index contributed by atoms with van der Waals surface area (Å²) >= 11 is 0.887. The summed E-state index contributed by atoms with van der Waals surface area (Å²) < 4.78 is 0. The van der Waals surface area contributed by atoms with Gasteiger partial charge in [-0.25, -0.2) is 0 Å². The van der Waals surface area contributed by atoms with Crippen molar-refractivity contribution in [1.29, 1.82) is 0 Å². The largest absolute Gasteiger partial charge is 0.339 e. The fraction of sp³-hybridized carbons (Fsp3) is 0.625. The summed E-state index contributed by atoms with van der Waals surface area (Å²) in [7, 11) is 0. The number of nitro groups is 1. The summed E-state index contributed by atoms with van der Waals surface area (Å²) in [5, 5.41) is 10.7. The maximum atomic E-state index is 12.4. The first kappa shape index (κ1) is 20.6. The van der Waals surface area contributed by atoms with Gasteiger partial charge in [0.2, 0.25) is 5.91 Å². The Balaban J connectivity index is 0.00000243. The first-order valence-electron chi connectivity index (χ1n) is 8.52. The molecule has 2 amide bonds. The molecule has 1 aliphatic carbocycles. The van der Waals surface area contributed by atoms with Crippen LogP contribution < -0.4 is 5.73 Å². The van der Waals surface area contributed by atoms with Crippen LogP contribution in [0.5, 0.6) is 0 Å². The fourth-order valence-electron chi connectivity index (χ4n) is 3.53. The molecule has 144 valence electrons. The highest BCUT2D eigenvalue weighted by Crippen LogP contribution is 2.28. The molecule has 10 heteroatoms. The summed E-state index contributed by atoms with van der Waals surface area (Å²) in [5.41, 5.74) is 6.04. The molecule has 1 saturated heterocycles. The molecule has 1 aliphatic heterocycles. The van der Waals surface area contributed by atoms with Crippen molar-refractivity contribution in [1.82, 2.24) is 9.80 Å². The van der Waals surface area contributed by atoms with Crippen LogP contribution in [-0.2, 0) is 4.79 Å². The van der Waals surface area contributed by atoms with Crippen LogP contribution in [-0.4, -0.2) is 58.8 Å². The third-order valence-corrected chi connectivity index (χ3v) is 6.08. The minimum Gasteiger partial charge on any atom is -0.339 e. The first-order valence-corrected chi connectivity index (χ1v) is 9.34. The standard InChI is InChI=1S/C16H22N4O4S.ClH/c17-12-3-1-2-11(12)10-14(21)18-6-8-19(9-7-18)16(22)13-4-5-15(25-13)20(23)24;/h4-5,11-12H,1-3,6-10,17H2;1H/t11-,12+;/m0./s1. The highest BCUT2D eigenvalue weighted by molar-refractivity contribution is 7.17. The second kappa shape index (κ2) is 8.79. The van der Waals surface area contributed by atoms with E-state index in [0.717, 1.165) is 30.6 Å². The molecule has 2 aliphatic rings. The second-order valence-electron chi connectivity index (χ2n) is 6.63. The lowest BCUT2D eigenvalue weighted by atomic mass is 9.99. The molecular weight excluding hydrogens is 380 g/mol. The topological polar surface area (TPSA) is 110 Å². The van der Waals surface area contributed by atoms with Gasteiger partial charge in [-0.05, 0) is 24.8 Å². The van der Waals surface area contributed by atoms with E-state index in [1.807, 2.05) is 0 Å². The van der Waals surface area contributed by atoms with Crippen LogP contribution in [0.3, 0.4) is 0 Å². The Morgan fingerprint density at radius 1 is 1.19 bits per heavy atom. The van der Waals surface area contributed by atoms with E-state index in [1.165, 1.54) is 12.1 Å². The number of hydrogen-bond acceptors (Lipinski definition) is 6. The van der Waals surface area contributed by atoms with Gasteiger partial charge in [-0.2, -0.15) is 0 Å². The number of amides is 2. The van der Waals surface area contributed by atoms with Crippen LogP contribution in [0.15, 0.2) is 12.1 Å². The van der Waals surface area contributed by atoms with E-state index in [9.17, 15) is 19.7 Å². The molecule has 0 radical (unpaired) electrons. The van der Waals surface area contributed by atoms with Crippen LogP contribution >= 0.6 is 23.7 Å². The van der Waals surface area contributed by atoms with Crippen LogP contribution in [0.2, 0.25) is 0 Å². The molecule has 0 bridgehead atoms. The predicted molar refractivity (Wildman–Crippen MR) is 101 cm³/mol. The molecule has 1 aromatic rings. The highest BCUT2D eigenvalue weighted by atomic mass is 35.5. The summed E-state index contributed by atoms with van der Waals surface area (Å²) in [4.78, 5) is 38.9. The number of piperazine rings is 1. The number of nitrogens with two attached hydrogens (primary N) is 1. The Morgan fingerprint density at radius 2 is 1.85 bits per heavy atom. The number of halogens is 1. The van der Waals surface area contributed by atoms with Gasteiger partial charge in [0, 0.05) is 44.7 Å². The summed E-state index contributed by atoms with van der Waals surface area (Å²) in [5.74, 6) is 0.183. The molecule has 3 rings (SSSR count). The quantitative estimate of drug-likeness (QED) is 0.610. The molecule has 0 spiro atoms. The van der Waals surface area contributed by atoms with Gasteiger partial charge in [0.15, 0.2) is 0 Å². The maximum absolute atomic E-state index is 12.4. The molecule has 2 atom stereocenters. The molecule has 2 heterocycles. The van der Waals surface area contributed by atoms with E-state index in [2.05, 4.69) is 0 Å². The Hall–Kier alpha value is -1.71. The van der Waals surface area contributed by atoms with Crippen molar-refractivity contribution < 1.29 is 14.5 Å². The number of hydrogen-bond donors (Lipinski definition) is 1. The molecule has 1 saturated carbocycles.